The Hall–Kier alpha value is -8.71. The molecule has 0 saturated carbocycles. The number of amides is 11. The second kappa shape index (κ2) is 49.4. The number of esters is 2. The monoisotopic (exact) mass is 1580 g/mol. The quantitative estimate of drug-likeness (QED) is 0.00919. The molecule has 108 heavy (non-hydrogen) atoms. The zero-order chi connectivity index (χ0) is 80.7. The van der Waals surface area contributed by atoms with Crippen LogP contribution in [-0.2, 0) is 68.6 Å². The van der Waals surface area contributed by atoms with Crippen molar-refractivity contribution < 1.29 is 102 Å². The van der Waals surface area contributed by atoms with Crippen molar-refractivity contribution in [1.29, 1.82) is 0 Å². The lowest BCUT2D eigenvalue weighted by atomic mass is 9.92. The van der Waals surface area contributed by atoms with E-state index in [-0.39, 0.29) is 85.2 Å². The predicted molar refractivity (Wildman–Crippen MR) is 403 cm³/mol. The highest BCUT2D eigenvalue weighted by Gasteiger charge is 2.40. The summed E-state index contributed by atoms with van der Waals surface area (Å²) in [7, 11) is 4.54. The average Bonchev–Trinajstić information content (AvgIpc) is 1.45. The highest BCUT2D eigenvalue weighted by atomic mass is 33.1. The van der Waals surface area contributed by atoms with E-state index in [4.69, 9.17) is 19.3 Å². The summed E-state index contributed by atoms with van der Waals surface area (Å²) in [6.07, 6.45) is 1.80. The van der Waals surface area contributed by atoms with E-state index in [1.54, 1.807) is 46.8 Å². The summed E-state index contributed by atoms with van der Waals surface area (Å²) >= 11 is 1.04. The normalized spacial score (nSPS) is 16.2. The number of unbranched alkanes of at least 4 members (excludes halogenated alkanes) is 1. The Labute approximate surface area is 642 Å². The summed E-state index contributed by atoms with van der Waals surface area (Å²) in [5.74, 6) is -9.99. The summed E-state index contributed by atoms with van der Waals surface area (Å²) in [6.45, 7) is 19.3. The molecule has 606 valence electrons. The van der Waals surface area contributed by atoms with Gasteiger partial charge in [-0.1, -0.05) is 108 Å². The molecular formula is C71H113N13O21S3. The summed E-state index contributed by atoms with van der Waals surface area (Å²) in [5.41, 5.74) is 5.23. The fraction of sp³-hybridized carbons (Fsp3) is 0.676. The smallest absolute Gasteiger partial charge is 0.426 e. The molecule has 1 aromatic heterocycles. The van der Waals surface area contributed by atoms with Gasteiger partial charge in [0.1, 0.15) is 47.2 Å². The number of urea groups is 2. The van der Waals surface area contributed by atoms with Crippen LogP contribution in [0.4, 0.5) is 14.4 Å². The number of aromatic hydroxyl groups is 1. The Morgan fingerprint density at radius 1 is 0.704 bits per heavy atom. The topological polar surface area (TPSA) is 487 Å². The number of carboxylic acids is 3. The van der Waals surface area contributed by atoms with Crippen molar-refractivity contribution in [2.75, 3.05) is 45.0 Å². The maximum absolute atomic E-state index is 15.0. The predicted octanol–water partition coefficient (Wildman–Crippen LogP) is 5.87. The van der Waals surface area contributed by atoms with Crippen LogP contribution in [0.5, 0.6) is 5.75 Å². The van der Waals surface area contributed by atoms with Gasteiger partial charge in [0.2, 0.25) is 29.5 Å². The Bertz CT molecular complexity index is 3280. The third-order valence-electron chi connectivity index (χ3n) is 18.0. The van der Waals surface area contributed by atoms with Crippen LogP contribution >= 0.6 is 32.9 Å². The van der Waals surface area contributed by atoms with E-state index in [2.05, 4.69) is 58.4 Å². The van der Waals surface area contributed by atoms with Gasteiger partial charge in [0.15, 0.2) is 12.8 Å². The molecule has 1 aromatic carbocycles. The highest BCUT2D eigenvalue weighted by molar-refractivity contribution is 8.76. The number of likely N-dealkylation sites (N-methyl/N-ethyl adjacent to an activating group) is 1. The van der Waals surface area contributed by atoms with Gasteiger partial charge < -0.3 is 82.1 Å². The van der Waals surface area contributed by atoms with Crippen molar-refractivity contribution in [1.82, 2.24) is 68.2 Å². The number of ether oxygens (including phenoxy) is 3. The number of thiazole rings is 1. The zero-order valence-electron chi connectivity index (χ0n) is 63.8. The Morgan fingerprint density at radius 2 is 1.38 bits per heavy atom. The number of phenolic OH excluding ortho intramolecular Hbond substituents is 1. The van der Waals surface area contributed by atoms with Gasteiger partial charge >= 0.3 is 48.0 Å². The van der Waals surface area contributed by atoms with Gasteiger partial charge in [-0.3, -0.25) is 58.3 Å². The number of aromatic nitrogens is 1. The van der Waals surface area contributed by atoms with E-state index >= 15 is 4.79 Å². The molecule has 0 bridgehead atoms. The fourth-order valence-electron chi connectivity index (χ4n) is 11.5. The summed E-state index contributed by atoms with van der Waals surface area (Å²) in [5, 5.41) is 60.6. The molecule has 14 N–H and O–H groups in total. The van der Waals surface area contributed by atoms with Crippen LogP contribution in [0, 0.1) is 23.7 Å². The average molecular weight is 1580 g/mol. The molecule has 0 spiro atoms. The summed E-state index contributed by atoms with van der Waals surface area (Å²) in [4.78, 5) is 190. The molecule has 1 aliphatic heterocycles. The SMILES string of the molecule is CCCC(=O)OCN(C(=O)[C@@H](NC(=O)[C@H]1CCCCN1C)C(C)CC)[C@H](C[C@@H](OC(C)=O)c1nc(C(=O)N[C@@H](Cc2ccc(O)cc2)C[C@H](C)C(=O)NNC(=O)OCCSSC[C@@H](C)NC(=O)[C@@H](NC(=O)[C@H](CC(=O)O)NC(=O)NCCCC[C@@H](C)NC(=O)N[C@@H](CCC(=O)O)C(=O)O)C(C)CC)cs1)C(C)C. The number of hydrogen-bond donors (Lipinski definition) is 14. The molecule has 34 nitrogen and oxygen atoms in total. The lowest BCUT2D eigenvalue weighted by molar-refractivity contribution is -0.160. The lowest BCUT2D eigenvalue weighted by Gasteiger charge is -2.39. The number of likely N-dealkylation sites (tertiary alicyclic amines) is 1. The number of phenols is 1. The molecule has 0 aliphatic carbocycles. The van der Waals surface area contributed by atoms with Crippen LogP contribution in [-0.4, -0.2) is 218 Å². The molecule has 1 fully saturated rings. The number of carbonyl (C=O) groups excluding carboxylic acids is 11. The molecule has 37 heteroatoms. The molecule has 1 aliphatic rings. The first kappa shape index (κ1) is 93.5. The zero-order valence-corrected chi connectivity index (χ0v) is 66.3. The third kappa shape index (κ3) is 35.1. The number of hydrazine groups is 1. The molecule has 2 unspecified atom stereocenters. The van der Waals surface area contributed by atoms with E-state index in [1.165, 1.54) is 50.9 Å². The standard InChI is InChI=1S/C71H113N13O21S3/c1-13-20-58(91)104-39-84(67(97)60(42(7)15-3)80-64(95)53-22-17-19-30-83(53)12)54(40(4)5)36-55(105-46(11)85)66-76-52(38-106-66)63(94)75-48(34-47-23-25-49(86)26-24-47)33-43(8)61(92)81-82-71(102)103-31-32-107-108-37-45(10)73-65(96)59(41(6)14-2)79-62(93)51(35-57(89)90)78-69(100)72-29-18-16-21-44(9)74-70(101)77-50(68(98)99)27-28-56(87)88/h23-26,38,40-45,48,50-51,53-55,59-60,86H,13-22,27-37,39H2,1-12H3,(H,73,96)(H,75,94)(H,79,93)(H,80,95)(H,81,92)(H,82,102)(H,87,88)(H,89,90)(H,98,99)(H2,72,78,100)(H2,74,77,101)/t41?,42?,43-,44+,45+,48+,50-,51-,53+,54+,55+,59-,60-/m0/s1. The molecule has 2 heterocycles. The number of rotatable bonds is 48. The Morgan fingerprint density at radius 3 is 2.00 bits per heavy atom. The minimum absolute atomic E-state index is 0.00570. The largest absolute Gasteiger partial charge is 0.508 e. The van der Waals surface area contributed by atoms with Crippen LogP contribution in [0.15, 0.2) is 29.6 Å². The van der Waals surface area contributed by atoms with E-state index < -0.39 is 169 Å². The first-order valence-corrected chi connectivity index (χ1v) is 40.0. The molecule has 3 rings (SSSR count). The maximum atomic E-state index is 15.0. The van der Waals surface area contributed by atoms with Gasteiger partial charge in [0, 0.05) is 79.7 Å². The van der Waals surface area contributed by atoms with Crippen molar-refractivity contribution in [2.45, 2.75) is 239 Å². The number of carbonyl (C=O) groups is 14. The molecule has 11 amide bonds. The molecule has 0 radical (unpaired) electrons. The number of nitrogens with one attached hydrogen (secondary N) is 10. The molecule has 1 saturated heterocycles. The number of carboxylic acid groups (broad SMARTS) is 3. The van der Waals surface area contributed by atoms with Gasteiger partial charge in [-0.05, 0) is 121 Å². The third-order valence-corrected chi connectivity index (χ3v) is 21.5. The minimum atomic E-state index is -1.57. The van der Waals surface area contributed by atoms with Crippen LogP contribution in [0.3, 0.4) is 0 Å². The van der Waals surface area contributed by atoms with Crippen molar-refractivity contribution in [3.05, 3.63) is 45.9 Å². The highest BCUT2D eigenvalue weighted by Crippen LogP contribution is 2.33. The molecule has 13 atom stereocenters. The second-order valence-electron chi connectivity index (χ2n) is 27.5. The first-order chi connectivity index (χ1) is 51.1. The Balaban J connectivity index is 1.58. The number of hydrogen-bond acceptors (Lipinski definition) is 23. The van der Waals surface area contributed by atoms with Crippen LogP contribution in [0.2, 0.25) is 0 Å². The van der Waals surface area contributed by atoms with Crippen molar-refractivity contribution in [3.63, 3.8) is 0 Å². The fourth-order valence-corrected chi connectivity index (χ4v) is 14.4. The van der Waals surface area contributed by atoms with Crippen molar-refractivity contribution in [3.8, 4) is 5.75 Å². The van der Waals surface area contributed by atoms with Crippen molar-refractivity contribution >= 4 is 116 Å². The van der Waals surface area contributed by atoms with Crippen LogP contribution < -0.4 is 53.4 Å². The van der Waals surface area contributed by atoms with Gasteiger partial charge in [-0.2, -0.15) is 0 Å². The maximum Gasteiger partial charge on any atom is 0.426 e. The number of nitrogens with zero attached hydrogens (tertiary/aromatic N) is 3. The van der Waals surface area contributed by atoms with E-state index in [9.17, 15) is 77.6 Å². The van der Waals surface area contributed by atoms with Gasteiger partial charge in [0.25, 0.3) is 5.91 Å². The van der Waals surface area contributed by atoms with Gasteiger partial charge in [-0.15, -0.1) is 11.3 Å². The van der Waals surface area contributed by atoms with E-state index in [1.807, 2.05) is 46.6 Å². The lowest BCUT2D eigenvalue weighted by Crippen LogP contribution is -2.59. The number of benzene rings is 1. The Kier molecular flexibility index (Phi) is 42.7. The first-order valence-electron chi connectivity index (χ1n) is 36.6. The van der Waals surface area contributed by atoms with Gasteiger partial charge in [-0.25, -0.2) is 29.6 Å². The molecule has 2 aromatic rings. The number of piperidine rings is 1. The van der Waals surface area contributed by atoms with E-state index in [0.717, 1.165) is 30.7 Å². The number of aliphatic carboxylic acids is 3. The molecular weight excluding hydrogens is 1470 g/mol. The summed E-state index contributed by atoms with van der Waals surface area (Å²) < 4.78 is 16.9. The van der Waals surface area contributed by atoms with Crippen LogP contribution in [0.25, 0.3) is 0 Å². The minimum Gasteiger partial charge on any atom is -0.508 e. The second-order valence-corrected chi connectivity index (χ2v) is 31.0. The van der Waals surface area contributed by atoms with Gasteiger partial charge in [0.05, 0.1) is 12.5 Å². The van der Waals surface area contributed by atoms with Crippen molar-refractivity contribution in [2.24, 2.45) is 23.7 Å². The van der Waals surface area contributed by atoms with E-state index in [0.29, 0.717) is 56.3 Å². The summed E-state index contributed by atoms with van der Waals surface area (Å²) in [6, 6.07) is -3.30. The van der Waals surface area contributed by atoms with Crippen LogP contribution in [0.1, 0.15) is 200 Å².